The van der Waals surface area contributed by atoms with Gasteiger partial charge in [-0.25, -0.2) is 0 Å². The van der Waals surface area contributed by atoms with E-state index < -0.39 is 0 Å². The number of piperazine rings is 1. The molecule has 1 aliphatic carbocycles. The third-order valence-corrected chi connectivity index (χ3v) is 3.09. The van der Waals surface area contributed by atoms with E-state index >= 15 is 0 Å². The second-order valence-electron chi connectivity index (χ2n) is 4.34. The van der Waals surface area contributed by atoms with E-state index in [4.69, 9.17) is 0 Å². The number of carbonyl (C=O) groups is 1. The van der Waals surface area contributed by atoms with Crippen LogP contribution in [0.1, 0.15) is 11.3 Å². The van der Waals surface area contributed by atoms with Crippen molar-refractivity contribution in [2.24, 2.45) is 0 Å². The highest BCUT2D eigenvalue weighted by atomic mass is 16.2. The Morgan fingerprint density at radius 2 is 2.35 bits per heavy atom. The zero-order valence-corrected chi connectivity index (χ0v) is 9.36. The van der Waals surface area contributed by atoms with Gasteiger partial charge in [0.1, 0.15) is 6.04 Å². The van der Waals surface area contributed by atoms with Crippen molar-refractivity contribution in [3.63, 3.8) is 0 Å². The van der Waals surface area contributed by atoms with Crippen molar-refractivity contribution >= 4 is 12.0 Å². The Kier molecular flexibility index (Phi) is 2.30. The number of rotatable bonds is 1. The number of carbonyl (C=O) groups excluding carboxylic acids is 1. The summed E-state index contributed by atoms with van der Waals surface area (Å²) in [4.78, 5) is 16.2. The molecule has 86 valence electrons. The van der Waals surface area contributed by atoms with Crippen LogP contribution in [0.25, 0.3) is 6.08 Å². The maximum absolute atomic E-state index is 11.8. The maximum Gasteiger partial charge on any atom is 0.245 e. The molecular formula is C13H13N3O. The second kappa shape index (κ2) is 3.82. The Bertz CT molecular complexity index is 533. The zero-order chi connectivity index (χ0) is 11.8. The summed E-state index contributed by atoms with van der Waals surface area (Å²) in [5.41, 5.74) is 3.95. The van der Waals surface area contributed by atoms with Crippen LogP contribution in [0.5, 0.6) is 0 Å². The minimum Gasteiger partial charge on any atom is -0.327 e. The van der Waals surface area contributed by atoms with Gasteiger partial charge in [0.15, 0.2) is 0 Å². The largest absolute Gasteiger partial charge is 0.327 e. The number of amides is 1. The van der Waals surface area contributed by atoms with Crippen LogP contribution >= 0.6 is 0 Å². The number of hydrogen-bond acceptors (Lipinski definition) is 3. The quantitative estimate of drug-likeness (QED) is 0.739. The molecule has 0 aromatic carbocycles. The van der Waals surface area contributed by atoms with Gasteiger partial charge in [-0.1, -0.05) is 18.7 Å². The lowest BCUT2D eigenvalue weighted by atomic mass is 10.0. The molecule has 17 heavy (non-hydrogen) atoms. The van der Waals surface area contributed by atoms with E-state index in [9.17, 15) is 4.79 Å². The summed E-state index contributed by atoms with van der Waals surface area (Å²) in [6, 6.07) is 3.68. The first-order chi connectivity index (χ1) is 8.24. The van der Waals surface area contributed by atoms with Gasteiger partial charge < -0.3 is 5.32 Å². The Hall–Kier alpha value is -1.94. The first kappa shape index (κ1) is 10.2. The molecule has 1 aromatic rings. The van der Waals surface area contributed by atoms with Gasteiger partial charge in [-0.15, -0.1) is 0 Å². The van der Waals surface area contributed by atoms with Crippen LogP contribution in [0.4, 0.5) is 0 Å². The molecule has 0 bridgehead atoms. The van der Waals surface area contributed by atoms with Crippen LogP contribution in [0.2, 0.25) is 0 Å². The molecule has 2 heterocycles. The molecule has 4 heteroatoms. The minimum atomic E-state index is -0.255. The molecule has 1 aliphatic heterocycles. The molecular weight excluding hydrogens is 214 g/mol. The van der Waals surface area contributed by atoms with Gasteiger partial charge in [-0.05, 0) is 17.2 Å². The topological polar surface area (TPSA) is 54.0 Å². The molecule has 2 aliphatic rings. The van der Waals surface area contributed by atoms with E-state index in [2.05, 4.69) is 22.2 Å². The van der Waals surface area contributed by atoms with Gasteiger partial charge >= 0.3 is 0 Å². The van der Waals surface area contributed by atoms with Crippen molar-refractivity contribution in [3.8, 4) is 0 Å². The van der Waals surface area contributed by atoms with Crippen LogP contribution in [0.15, 0.2) is 36.2 Å². The fourth-order valence-corrected chi connectivity index (χ4v) is 2.27. The molecule has 1 amide bonds. The predicted octanol–water partition coefficient (Wildman–Crippen LogP) is 0.623. The van der Waals surface area contributed by atoms with E-state index in [0.29, 0.717) is 6.54 Å². The number of fused-ring (bicyclic) bond motifs is 1. The summed E-state index contributed by atoms with van der Waals surface area (Å²) in [6.07, 6.45) is 4.58. The lowest BCUT2D eigenvalue weighted by molar-refractivity contribution is -0.122. The van der Waals surface area contributed by atoms with Gasteiger partial charge in [0, 0.05) is 24.9 Å². The Morgan fingerprint density at radius 3 is 3.12 bits per heavy atom. The summed E-state index contributed by atoms with van der Waals surface area (Å²) >= 11 is 0. The molecule has 4 nitrogen and oxygen atoms in total. The summed E-state index contributed by atoms with van der Waals surface area (Å²) in [7, 11) is 0. The van der Waals surface area contributed by atoms with Crippen LogP contribution in [0, 0.1) is 0 Å². The third-order valence-electron chi connectivity index (χ3n) is 3.09. The number of pyridine rings is 1. The molecule has 1 saturated heterocycles. The van der Waals surface area contributed by atoms with Crippen LogP contribution in [-0.4, -0.2) is 23.5 Å². The standard InChI is InChI=1S/C13H13N3O/c1-8-7-15-12(13(17)16-8)10-5-9-3-2-4-14-11(9)6-10/h2-5,12,15H,1,6-7H2,(H,16,17). The summed E-state index contributed by atoms with van der Waals surface area (Å²) in [5.74, 6) is -0.0275. The summed E-state index contributed by atoms with van der Waals surface area (Å²) in [5, 5.41) is 5.96. The zero-order valence-electron chi connectivity index (χ0n) is 9.36. The third kappa shape index (κ3) is 1.76. The second-order valence-corrected chi connectivity index (χ2v) is 4.34. The van der Waals surface area contributed by atoms with E-state index in [1.165, 1.54) is 0 Å². The van der Waals surface area contributed by atoms with Crippen molar-refractivity contribution in [1.29, 1.82) is 0 Å². The molecule has 0 radical (unpaired) electrons. The molecule has 1 fully saturated rings. The van der Waals surface area contributed by atoms with E-state index in [1.807, 2.05) is 18.2 Å². The van der Waals surface area contributed by atoms with Crippen molar-refractivity contribution in [2.75, 3.05) is 6.54 Å². The average Bonchev–Trinajstić information content (AvgIpc) is 2.72. The number of hydrogen-bond donors (Lipinski definition) is 2. The van der Waals surface area contributed by atoms with E-state index in [0.717, 1.165) is 28.9 Å². The van der Waals surface area contributed by atoms with Crippen LogP contribution in [0.3, 0.4) is 0 Å². The molecule has 0 spiro atoms. The first-order valence-corrected chi connectivity index (χ1v) is 5.60. The van der Waals surface area contributed by atoms with Crippen molar-refractivity contribution in [2.45, 2.75) is 12.5 Å². The Morgan fingerprint density at radius 1 is 1.47 bits per heavy atom. The minimum absolute atomic E-state index is 0.0275. The lowest BCUT2D eigenvalue weighted by Crippen LogP contribution is -2.52. The van der Waals surface area contributed by atoms with Crippen molar-refractivity contribution < 1.29 is 4.79 Å². The monoisotopic (exact) mass is 227 g/mol. The molecule has 0 saturated carbocycles. The molecule has 1 unspecified atom stereocenters. The van der Waals surface area contributed by atoms with Crippen LogP contribution in [-0.2, 0) is 11.2 Å². The molecule has 1 aromatic heterocycles. The van der Waals surface area contributed by atoms with Crippen molar-refractivity contribution in [1.82, 2.24) is 15.6 Å². The number of aromatic nitrogens is 1. The maximum atomic E-state index is 11.8. The number of nitrogens with zero attached hydrogens (tertiary/aromatic N) is 1. The fourth-order valence-electron chi connectivity index (χ4n) is 2.27. The smallest absolute Gasteiger partial charge is 0.245 e. The predicted molar refractivity (Wildman–Crippen MR) is 65.0 cm³/mol. The Balaban J connectivity index is 1.84. The van der Waals surface area contributed by atoms with Gasteiger partial charge in [0.25, 0.3) is 0 Å². The van der Waals surface area contributed by atoms with Gasteiger partial charge in [0.05, 0.1) is 5.69 Å². The van der Waals surface area contributed by atoms with Gasteiger partial charge in [0.2, 0.25) is 5.91 Å². The van der Waals surface area contributed by atoms with Crippen molar-refractivity contribution in [3.05, 3.63) is 47.4 Å². The highest BCUT2D eigenvalue weighted by Gasteiger charge is 2.29. The highest BCUT2D eigenvalue weighted by molar-refractivity contribution is 5.89. The van der Waals surface area contributed by atoms with Gasteiger partial charge in [-0.3, -0.25) is 15.1 Å². The highest BCUT2D eigenvalue weighted by Crippen LogP contribution is 2.25. The first-order valence-electron chi connectivity index (χ1n) is 5.60. The average molecular weight is 227 g/mol. The fraction of sp³-hybridized carbons (Fsp3) is 0.231. The summed E-state index contributed by atoms with van der Waals surface area (Å²) in [6.45, 7) is 4.36. The van der Waals surface area contributed by atoms with Gasteiger partial charge in [-0.2, -0.15) is 0 Å². The Labute approximate surface area is 99.4 Å². The van der Waals surface area contributed by atoms with Crippen LogP contribution < -0.4 is 10.6 Å². The SMILES string of the molecule is C=C1CNC(C2=Cc3cccnc3C2)C(=O)N1. The number of nitrogens with one attached hydrogen (secondary N) is 2. The molecule has 1 atom stereocenters. The van der Waals surface area contributed by atoms with E-state index in [1.54, 1.807) is 6.20 Å². The normalized spacial score (nSPS) is 23.1. The van der Waals surface area contributed by atoms with E-state index in [-0.39, 0.29) is 11.9 Å². The summed E-state index contributed by atoms with van der Waals surface area (Å²) < 4.78 is 0. The molecule has 3 rings (SSSR count). The molecule has 2 N–H and O–H groups in total. The lowest BCUT2D eigenvalue weighted by Gasteiger charge is -2.25.